The monoisotopic (exact) mass is 387 g/mol. The predicted molar refractivity (Wildman–Crippen MR) is 113 cm³/mol. The fourth-order valence-electron chi connectivity index (χ4n) is 2.65. The summed E-state index contributed by atoms with van der Waals surface area (Å²) >= 11 is 1.62. The number of aryl methyl sites for hydroxylation is 1. The first kappa shape index (κ1) is 21.2. The van der Waals surface area contributed by atoms with Crippen molar-refractivity contribution in [3.8, 4) is 11.5 Å². The van der Waals surface area contributed by atoms with Gasteiger partial charge in [-0.2, -0.15) is 0 Å². The third kappa shape index (κ3) is 6.83. The summed E-state index contributed by atoms with van der Waals surface area (Å²) in [5, 5.41) is 3.06. The van der Waals surface area contributed by atoms with Crippen molar-refractivity contribution in [3.05, 3.63) is 59.2 Å². The molecule has 0 bridgehead atoms. The van der Waals surface area contributed by atoms with E-state index in [-0.39, 0.29) is 11.9 Å². The highest BCUT2D eigenvalue weighted by atomic mass is 32.2. The summed E-state index contributed by atoms with van der Waals surface area (Å²) in [6.07, 6.45) is 0. The average molecular weight is 388 g/mol. The summed E-state index contributed by atoms with van der Waals surface area (Å²) in [7, 11) is 0. The maximum absolute atomic E-state index is 12.3. The van der Waals surface area contributed by atoms with E-state index in [1.165, 1.54) is 11.1 Å². The second-order valence-corrected chi connectivity index (χ2v) is 7.33. The summed E-state index contributed by atoms with van der Waals surface area (Å²) in [6.45, 7) is 9.10. The molecule has 2 rings (SSSR count). The average Bonchev–Trinajstić information content (AvgIpc) is 2.65. The Hall–Kier alpha value is -2.14. The van der Waals surface area contributed by atoms with Crippen LogP contribution in [0.4, 0.5) is 0 Å². The van der Waals surface area contributed by atoms with Crippen LogP contribution in [0.3, 0.4) is 0 Å². The molecule has 0 spiro atoms. The third-order valence-electron chi connectivity index (χ3n) is 4.07. The maximum Gasteiger partial charge on any atom is 0.230 e. The number of hydrogen-bond acceptors (Lipinski definition) is 4. The minimum atomic E-state index is -0.0904. The Labute approximate surface area is 166 Å². The molecular formula is C22H29NO3S. The molecule has 1 atom stereocenters. The van der Waals surface area contributed by atoms with Crippen molar-refractivity contribution in [3.63, 3.8) is 0 Å². The SMILES string of the molecule is CCOc1ccc([C@@H](C)NC(=O)CSCc2ccc(C)cc2)cc1OCC. The van der Waals surface area contributed by atoms with Gasteiger partial charge in [0.25, 0.3) is 0 Å². The summed E-state index contributed by atoms with van der Waals surface area (Å²) in [5.41, 5.74) is 3.48. The van der Waals surface area contributed by atoms with E-state index in [4.69, 9.17) is 9.47 Å². The second kappa shape index (κ2) is 10.9. The number of thioether (sulfide) groups is 1. The topological polar surface area (TPSA) is 47.6 Å². The largest absolute Gasteiger partial charge is 0.490 e. The van der Waals surface area contributed by atoms with E-state index in [0.29, 0.717) is 24.7 Å². The molecule has 2 aromatic rings. The van der Waals surface area contributed by atoms with Crippen LogP contribution < -0.4 is 14.8 Å². The molecule has 2 aromatic carbocycles. The Morgan fingerprint density at radius 1 is 1.04 bits per heavy atom. The molecule has 0 unspecified atom stereocenters. The Morgan fingerprint density at radius 2 is 1.70 bits per heavy atom. The molecule has 0 aromatic heterocycles. The molecular weight excluding hydrogens is 358 g/mol. The van der Waals surface area contributed by atoms with E-state index in [1.54, 1.807) is 11.8 Å². The fraction of sp³-hybridized carbons (Fsp3) is 0.409. The zero-order valence-corrected chi connectivity index (χ0v) is 17.4. The summed E-state index contributed by atoms with van der Waals surface area (Å²) in [6, 6.07) is 14.1. The maximum atomic E-state index is 12.3. The van der Waals surface area contributed by atoms with Crippen molar-refractivity contribution in [2.45, 2.75) is 39.5 Å². The lowest BCUT2D eigenvalue weighted by Gasteiger charge is -2.17. The first-order valence-corrected chi connectivity index (χ1v) is 10.5. The molecule has 0 saturated heterocycles. The normalized spacial score (nSPS) is 11.7. The molecule has 27 heavy (non-hydrogen) atoms. The van der Waals surface area contributed by atoms with Gasteiger partial charge in [-0.05, 0) is 51.0 Å². The number of carbonyl (C=O) groups is 1. The molecule has 4 nitrogen and oxygen atoms in total. The Bertz CT molecular complexity index is 731. The number of hydrogen-bond donors (Lipinski definition) is 1. The predicted octanol–water partition coefficient (Wildman–Crippen LogP) is 4.90. The molecule has 0 radical (unpaired) electrons. The highest BCUT2D eigenvalue weighted by molar-refractivity contribution is 7.99. The van der Waals surface area contributed by atoms with Crippen LogP contribution in [0.5, 0.6) is 11.5 Å². The van der Waals surface area contributed by atoms with Crippen molar-refractivity contribution < 1.29 is 14.3 Å². The van der Waals surface area contributed by atoms with Gasteiger partial charge in [-0.1, -0.05) is 35.9 Å². The van der Waals surface area contributed by atoms with Crippen LogP contribution in [0.1, 0.15) is 43.5 Å². The van der Waals surface area contributed by atoms with Crippen LogP contribution in [0.25, 0.3) is 0 Å². The number of rotatable bonds is 10. The van der Waals surface area contributed by atoms with E-state index in [9.17, 15) is 4.79 Å². The standard InChI is InChI=1S/C22H29NO3S/c1-5-25-20-12-11-19(13-21(20)26-6-2)17(4)23-22(24)15-27-14-18-9-7-16(3)8-10-18/h7-13,17H,5-6,14-15H2,1-4H3,(H,23,24)/t17-/m1/s1. The van der Waals surface area contributed by atoms with Crippen LogP contribution >= 0.6 is 11.8 Å². The molecule has 0 heterocycles. The lowest BCUT2D eigenvalue weighted by atomic mass is 10.1. The third-order valence-corrected chi connectivity index (χ3v) is 5.07. The van der Waals surface area contributed by atoms with Crippen LogP contribution in [-0.4, -0.2) is 24.9 Å². The highest BCUT2D eigenvalue weighted by Crippen LogP contribution is 2.30. The van der Waals surface area contributed by atoms with E-state index < -0.39 is 0 Å². The first-order chi connectivity index (χ1) is 13.0. The van der Waals surface area contributed by atoms with Crippen molar-refractivity contribution >= 4 is 17.7 Å². The van der Waals surface area contributed by atoms with Gasteiger partial charge < -0.3 is 14.8 Å². The van der Waals surface area contributed by atoms with Crippen molar-refractivity contribution in [1.29, 1.82) is 0 Å². The van der Waals surface area contributed by atoms with Crippen LogP contribution in [0.2, 0.25) is 0 Å². The van der Waals surface area contributed by atoms with Crippen LogP contribution in [0, 0.1) is 6.92 Å². The second-order valence-electron chi connectivity index (χ2n) is 6.34. The zero-order chi connectivity index (χ0) is 19.6. The first-order valence-electron chi connectivity index (χ1n) is 9.35. The number of benzene rings is 2. The number of nitrogens with one attached hydrogen (secondary N) is 1. The van der Waals surface area contributed by atoms with Gasteiger partial charge in [-0.25, -0.2) is 0 Å². The Balaban J connectivity index is 1.87. The smallest absolute Gasteiger partial charge is 0.230 e. The zero-order valence-electron chi connectivity index (χ0n) is 16.6. The summed E-state index contributed by atoms with van der Waals surface area (Å²) in [4.78, 5) is 12.3. The molecule has 0 fully saturated rings. The van der Waals surface area contributed by atoms with Gasteiger partial charge in [0.15, 0.2) is 11.5 Å². The molecule has 146 valence electrons. The summed E-state index contributed by atoms with van der Waals surface area (Å²) < 4.78 is 11.3. The summed E-state index contributed by atoms with van der Waals surface area (Å²) in [5.74, 6) is 2.75. The lowest BCUT2D eigenvalue weighted by molar-refractivity contribution is -0.119. The highest BCUT2D eigenvalue weighted by Gasteiger charge is 2.13. The van der Waals surface area contributed by atoms with E-state index in [0.717, 1.165) is 17.1 Å². The van der Waals surface area contributed by atoms with Gasteiger partial charge >= 0.3 is 0 Å². The van der Waals surface area contributed by atoms with Crippen molar-refractivity contribution in [2.75, 3.05) is 19.0 Å². The Kier molecular flexibility index (Phi) is 8.52. The number of amides is 1. The molecule has 5 heteroatoms. The molecule has 0 aliphatic carbocycles. The van der Waals surface area contributed by atoms with Gasteiger partial charge in [-0.3, -0.25) is 4.79 Å². The fourth-order valence-corrected chi connectivity index (χ4v) is 3.45. The van der Waals surface area contributed by atoms with Gasteiger partial charge in [0.05, 0.1) is 25.0 Å². The number of carbonyl (C=O) groups excluding carboxylic acids is 1. The van der Waals surface area contributed by atoms with Gasteiger partial charge in [0.1, 0.15) is 0 Å². The Morgan fingerprint density at radius 3 is 2.37 bits per heavy atom. The minimum Gasteiger partial charge on any atom is -0.490 e. The van der Waals surface area contributed by atoms with Gasteiger partial charge in [0.2, 0.25) is 5.91 Å². The van der Waals surface area contributed by atoms with Crippen LogP contribution in [-0.2, 0) is 10.5 Å². The van der Waals surface area contributed by atoms with Crippen molar-refractivity contribution in [1.82, 2.24) is 5.32 Å². The molecule has 1 N–H and O–H groups in total. The molecule has 1 amide bonds. The van der Waals surface area contributed by atoms with Crippen LogP contribution in [0.15, 0.2) is 42.5 Å². The minimum absolute atomic E-state index is 0.0338. The quantitative estimate of drug-likeness (QED) is 0.630. The molecule has 0 saturated carbocycles. The van der Waals surface area contributed by atoms with E-state index >= 15 is 0 Å². The molecule has 0 aliphatic heterocycles. The van der Waals surface area contributed by atoms with Crippen molar-refractivity contribution in [2.24, 2.45) is 0 Å². The van der Waals surface area contributed by atoms with E-state index in [1.807, 2.05) is 39.0 Å². The molecule has 0 aliphatic rings. The van der Waals surface area contributed by atoms with Gasteiger partial charge in [-0.15, -0.1) is 11.8 Å². The lowest BCUT2D eigenvalue weighted by Crippen LogP contribution is -2.28. The number of ether oxygens (including phenoxy) is 2. The van der Waals surface area contributed by atoms with Gasteiger partial charge in [0, 0.05) is 5.75 Å². The van der Waals surface area contributed by atoms with E-state index in [2.05, 4.69) is 36.5 Å².